The Kier molecular flexibility index (Phi) is 4.50. The van der Waals surface area contributed by atoms with E-state index >= 15 is 0 Å². The predicted molar refractivity (Wildman–Crippen MR) is 115 cm³/mol. The van der Waals surface area contributed by atoms with E-state index in [9.17, 15) is 0 Å². The second kappa shape index (κ2) is 7.45. The number of furan rings is 1. The Balaban J connectivity index is 1.69. The van der Waals surface area contributed by atoms with Crippen LogP contribution >= 0.6 is 11.6 Å². The van der Waals surface area contributed by atoms with Crippen LogP contribution in [0.5, 0.6) is 0 Å². The molecule has 5 rings (SSSR count). The quantitative estimate of drug-likeness (QED) is 0.396. The monoisotopic (exact) mass is 400 g/mol. The molecule has 29 heavy (non-hydrogen) atoms. The first-order valence-corrected chi connectivity index (χ1v) is 9.61. The average Bonchev–Trinajstić information content (AvgIpc) is 3.42. The summed E-state index contributed by atoms with van der Waals surface area (Å²) in [6, 6.07) is 21.8. The molecule has 0 saturated carbocycles. The van der Waals surface area contributed by atoms with E-state index in [1.54, 1.807) is 12.6 Å². The third-order valence-electron chi connectivity index (χ3n) is 4.78. The molecule has 0 saturated heterocycles. The van der Waals surface area contributed by atoms with E-state index in [0.29, 0.717) is 11.6 Å². The molecule has 0 radical (unpaired) electrons. The summed E-state index contributed by atoms with van der Waals surface area (Å²) in [5, 5.41) is 5.05. The molecule has 0 amide bonds. The molecule has 3 heterocycles. The van der Waals surface area contributed by atoms with Crippen molar-refractivity contribution in [2.24, 2.45) is 0 Å². The van der Waals surface area contributed by atoms with Gasteiger partial charge in [-0.2, -0.15) is 0 Å². The lowest BCUT2D eigenvalue weighted by Gasteiger charge is -2.08. The Morgan fingerprint density at radius 2 is 1.76 bits per heavy atom. The van der Waals surface area contributed by atoms with Gasteiger partial charge in [-0.15, -0.1) is 0 Å². The molecule has 3 aromatic heterocycles. The Hall–Kier alpha value is -3.57. The van der Waals surface area contributed by atoms with Crippen molar-refractivity contribution >= 4 is 28.5 Å². The van der Waals surface area contributed by atoms with Gasteiger partial charge in [-0.3, -0.25) is 0 Å². The number of nitrogens with zero attached hydrogens (tertiary/aromatic N) is 3. The van der Waals surface area contributed by atoms with E-state index in [1.165, 1.54) is 0 Å². The predicted octanol–water partition coefficient (Wildman–Crippen LogP) is 5.95. The number of aromatic nitrogens is 3. The Morgan fingerprint density at radius 1 is 0.931 bits per heavy atom. The van der Waals surface area contributed by atoms with E-state index in [-0.39, 0.29) is 0 Å². The maximum absolute atomic E-state index is 6.08. The fourth-order valence-corrected chi connectivity index (χ4v) is 3.54. The normalized spacial score (nSPS) is 11.1. The summed E-state index contributed by atoms with van der Waals surface area (Å²) in [5.74, 6) is 1.60. The molecule has 5 aromatic rings. The number of anilines is 1. The highest BCUT2D eigenvalue weighted by atomic mass is 35.5. The van der Waals surface area contributed by atoms with Crippen LogP contribution in [-0.2, 0) is 6.54 Å². The van der Waals surface area contributed by atoms with Crippen molar-refractivity contribution in [3.63, 3.8) is 0 Å². The van der Waals surface area contributed by atoms with Gasteiger partial charge in [-0.25, -0.2) is 9.97 Å². The molecule has 0 aliphatic carbocycles. The van der Waals surface area contributed by atoms with Gasteiger partial charge in [0.1, 0.15) is 17.9 Å². The minimum Gasteiger partial charge on any atom is -0.467 e. The highest BCUT2D eigenvalue weighted by molar-refractivity contribution is 6.30. The van der Waals surface area contributed by atoms with Crippen LogP contribution < -0.4 is 5.32 Å². The minimum absolute atomic E-state index is 0.541. The van der Waals surface area contributed by atoms with Crippen molar-refractivity contribution in [3.05, 3.63) is 96.3 Å². The molecule has 0 unspecified atom stereocenters. The van der Waals surface area contributed by atoms with E-state index in [2.05, 4.69) is 38.2 Å². The molecule has 0 aliphatic rings. The highest BCUT2D eigenvalue weighted by Crippen LogP contribution is 2.35. The van der Waals surface area contributed by atoms with Crippen LogP contribution in [0.1, 0.15) is 5.76 Å². The number of benzene rings is 2. The fraction of sp³-hybridized carbons (Fsp3) is 0.0435. The maximum Gasteiger partial charge on any atom is 0.150 e. The number of hydrogen-bond acceptors (Lipinski definition) is 4. The number of rotatable bonds is 5. The molecular weight excluding hydrogens is 384 g/mol. The van der Waals surface area contributed by atoms with Crippen molar-refractivity contribution < 1.29 is 4.42 Å². The number of fused-ring (bicyclic) bond motifs is 1. The molecular formula is C23H17ClN4O. The van der Waals surface area contributed by atoms with Crippen molar-refractivity contribution in [1.29, 1.82) is 0 Å². The van der Waals surface area contributed by atoms with Gasteiger partial charge in [-0.05, 0) is 42.0 Å². The summed E-state index contributed by atoms with van der Waals surface area (Å²) in [5.41, 5.74) is 3.96. The van der Waals surface area contributed by atoms with Gasteiger partial charge in [-0.1, -0.05) is 41.9 Å². The summed E-state index contributed by atoms with van der Waals surface area (Å²) >= 11 is 6.08. The standard InChI is InChI=1S/C23H17ClN4O/c24-17-8-10-18(11-9-17)28-14-20(16-5-2-1-3-6-16)21-22(26-15-27-23(21)28)25-13-19-7-4-12-29-19/h1-12,14-15H,13H2,(H,25,26,27). The third-order valence-corrected chi connectivity index (χ3v) is 5.03. The van der Waals surface area contributed by atoms with Crippen LogP contribution in [-0.4, -0.2) is 14.5 Å². The van der Waals surface area contributed by atoms with E-state index < -0.39 is 0 Å². The average molecular weight is 401 g/mol. The van der Waals surface area contributed by atoms with Gasteiger partial charge in [0.05, 0.1) is 18.2 Å². The highest BCUT2D eigenvalue weighted by Gasteiger charge is 2.17. The van der Waals surface area contributed by atoms with Crippen LogP contribution in [0.4, 0.5) is 5.82 Å². The van der Waals surface area contributed by atoms with Crippen molar-refractivity contribution in [2.45, 2.75) is 6.54 Å². The molecule has 0 spiro atoms. The van der Waals surface area contributed by atoms with Crippen LogP contribution in [0.25, 0.3) is 27.8 Å². The molecule has 1 N–H and O–H groups in total. The fourth-order valence-electron chi connectivity index (χ4n) is 3.41. The zero-order chi connectivity index (χ0) is 19.6. The summed E-state index contributed by atoms with van der Waals surface area (Å²) in [7, 11) is 0. The zero-order valence-corrected chi connectivity index (χ0v) is 16.2. The lowest BCUT2D eigenvalue weighted by Crippen LogP contribution is -2.02. The second-order valence-corrected chi connectivity index (χ2v) is 7.05. The van der Waals surface area contributed by atoms with Crippen LogP contribution in [0.3, 0.4) is 0 Å². The van der Waals surface area contributed by atoms with Crippen molar-refractivity contribution in [3.8, 4) is 16.8 Å². The van der Waals surface area contributed by atoms with Gasteiger partial charge in [0, 0.05) is 22.5 Å². The van der Waals surface area contributed by atoms with Gasteiger partial charge in [0.25, 0.3) is 0 Å². The zero-order valence-electron chi connectivity index (χ0n) is 15.4. The number of halogens is 1. The second-order valence-electron chi connectivity index (χ2n) is 6.61. The molecule has 0 aliphatic heterocycles. The molecule has 2 aromatic carbocycles. The largest absolute Gasteiger partial charge is 0.467 e. The summed E-state index contributed by atoms with van der Waals surface area (Å²) in [4.78, 5) is 9.10. The first-order chi connectivity index (χ1) is 14.3. The van der Waals surface area contributed by atoms with Gasteiger partial charge in [0.15, 0.2) is 5.65 Å². The van der Waals surface area contributed by atoms with E-state index in [0.717, 1.165) is 39.4 Å². The molecule has 0 atom stereocenters. The lowest BCUT2D eigenvalue weighted by molar-refractivity contribution is 0.518. The SMILES string of the molecule is Clc1ccc(-n2cc(-c3ccccc3)c3c(NCc4ccco4)ncnc32)cc1. The first kappa shape index (κ1) is 17.5. The Labute approximate surface area is 172 Å². The van der Waals surface area contributed by atoms with Crippen LogP contribution in [0, 0.1) is 0 Å². The van der Waals surface area contributed by atoms with Crippen molar-refractivity contribution in [1.82, 2.24) is 14.5 Å². The molecule has 0 bridgehead atoms. The van der Waals surface area contributed by atoms with Gasteiger partial charge >= 0.3 is 0 Å². The molecule has 6 heteroatoms. The van der Waals surface area contributed by atoms with Crippen LogP contribution in [0.2, 0.25) is 5.02 Å². The minimum atomic E-state index is 0.541. The molecule has 0 fully saturated rings. The molecule has 5 nitrogen and oxygen atoms in total. The summed E-state index contributed by atoms with van der Waals surface area (Å²) in [6.45, 7) is 0.541. The van der Waals surface area contributed by atoms with Gasteiger partial charge < -0.3 is 14.3 Å². The van der Waals surface area contributed by atoms with E-state index in [4.69, 9.17) is 16.0 Å². The number of nitrogens with one attached hydrogen (secondary N) is 1. The summed E-state index contributed by atoms with van der Waals surface area (Å²) in [6.07, 6.45) is 5.34. The summed E-state index contributed by atoms with van der Waals surface area (Å²) < 4.78 is 7.51. The first-order valence-electron chi connectivity index (χ1n) is 9.23. The Bertz CT molecular complexity index is 1250. The van der Waals surface area contributed by atoms with Crippen molar-refractivity contribution in [2.75, 3.05) is 5.32 Å². The number of hydrogen-bond donors (Lipinski definition) is 1. The van der Waals surface area contributed by atoms with E-state index in [1.807, 2.05) is 54.6 Å². The smallest absolute Gasteiger partial charge is 0.150 e. The van der Waals surface area contributed by atoms with Crippen LogP contribution in [0.15, 0.2) is 89.9 Å². The maximum atomic E-state index is 6.08. The Morgan fingerprint density at radius 3 is 2.52 bits per heavy atom. The molecule has 142 valence electrons. The topological polar surface area (TPSA) is 55.9 Å². The third kappa shape index (κ3) is 3.37. The lowest BCUT2D eigenvalue weighted by atomic mass is 10.1. The van der Waals surface area contributed by atoms with Gasteiger partial charge in [0.2, 0.25) is 0 Å².